The van der Waals surface area contributed by atoms with Crippen LogP contribution in [0.25, 0.3) is 0 Å². The Balaban J connectivity index is 1.54. The Morgan fingerprint density at radius 1 is 0.867 bits per heavy atom. The van der Waals surface area contributed by atoms with Crippen LogP contribution in [0.4, 0.5) is 0 Å². The third-order valence-corrected chi connectivity index (χ3v) is 6.56. The molecule has 0 saturated heterocycles. The van der Waals surface area contributed by atoms with Gasteiger partial charge in [0.15, 0.2) is 23.0 Å². The fourth-order valence-electron chi connectivity index (χ4n) is 5.02. The minimum absolute atomic E-state index is 0.00777. The van der Waals surface area contributed by atoms with Crippen molar-refractivity contribution in [1.29, 1.82) is 0 Å². The van der Waals surface area contributed by atoms with E-state index in [4.69, 9.17) is 23.7 Å². The fourth-order valence-corrected chi connectivity index (χ4v) is 5.02. The van der Waals surface area contributed by atoms with Crippen LogP contribution in [0.3, 0.4) is 0 Å². The molecule has 0 radical (unpaired) electrons. The number of methoxy groups -OCH3 is 2. The molecule has 2 atom stereocenters. The zero-order valence-corrected chi connectivity index (χ0v) is 17.5. The summed E-state index contributed by atoms with van der Waals surface area (Å²) < 4.78 is 28.7. The molecule has 0 amide bonds. The number of phenolic OH excluding ortho intramolecular Hbond substituents is 1. The van der Waals surface area contributed by atoms with E-state index in [1.165, 1.54) is 30.4 Å². The molecule has 1 N–H and O–H groups in total. The summed E-state index contributed by atoms with van der Waals surface area (Å²) in [5.74, 6) is 2.48. The number of hydrogen-bond acceptors (Lipinski definition) is 6. The maximum atomic E-state index is 10.3. The van der Waals surface area contributed by atoms with Gasteiger partial charge in [-0.25, -0.2) is 0 Å². The first-order chi connectivity index (χ1) is 14.7. The second kappa shape index (κ2) is 7.91. The number of rotatable bonds is 5. The molecule has 6 heteroatoms. The van der Waals surface area contributed by atoms with Gasteiger partial charge in [-0.2, -0.15) is 0 Å². The molecule has 0 aromatic heterocycles. The highest BCUT2D eigenvalue weighted by Gasteiger charge is 2.37. The predicted molar refractivity (Wildman–Crippen MR) is 111 cm³/mol. The molecule has 1 fully saturated rings. The second-order valence-electron chi connectivity index (χ2n) is 8.28. The van der Waals surface area contributed by atoms with Crippen LogP contribution >= 0.6 is 0 Å². The molecule has 1 saturated carbocycles. The van der Waals surface area contributed by atoms with Crippen molar-refractivity contribution < 1.29 is 28.8 Å². The van der Waals surface area contributed by atoms with Gasteiger partial charge in [-0.3, -0.25) is 0 Å². The molecule has 3 aliphatic rings. The van der Waals surface area contributed by atoms with Gasteiger partial charge >= 0.3 is 0 Å². The van der Waals surface area contributed by atoms with Gasteiger partial charge in [0.25, 0.3) is 0 Å². The Morgan fingerprint density at radius 2 is 1.50 bits per heavy atom. The minimum atomic E-state index is 0.00777. The van der Waals surface area contributed by atoms with Gasteiger partial charge in [-0.1, -0.05) is 19.3 Å². The lowest BCUT2D eigenvalue weighted by Gasteiger charge is -2.26. The Bertz CT molecular complexity index is 909. The summed E-state index contributed by atoms with van der Waals surface area (Å²) in [6.07, 6.45) is 7.17. The van der Waals surface area contributed by atoms with Gasteiger partial charge in [-0.15, -0.1) is 0 Å². The van der Waals surface area contributed by atoms with Crippen molar-refractivity contribution >= 4 is 0 Å². The third kappa shape index (κ3) is 3.33. The maximum Gasteiger partial charge on any atom is 0.231 e. The van der Waals surface area contributed by atoms with Crippen molar-refractivity contribution in [3.05, 3.63) is 41.0 Å². The van der Waals surface area contributed by atoms with Crippen molar-refractivity contribution in [3.63, 3.8) is 0 Å². The summed E-state index contributed by atoms with van der Waals surface area (Å²) in [6.45, 7) is 0.248. The Labute approximate surface area is 176 Å². The maximum absolute atomic E-state index is 10.3. The largest absolute Gasteiger partial charge is 0.502 e. The van der Waals surface area contributed by atoms with E-state index in [-0.39, 0.29) is 24.6 Å². The van der Waals surface area contributed by atoms with Gasteiger partial charge in [0, 0.05) is 5.92 Å². The van der Waals surface area contributed by atoms with Crippen LogP contribution in [-0.4, -0.2) is 32.2 Å². The van der Waals surface area contributed by atoms with Crippen molar-refractivity contribution in [3.8, 4) is 28.7 Å². The molecule has 1 heterocycles. The van der Waals surface area contributed by atoms with Crippen LogP contribution in [0.15, 0.2) is 24.3 Å². The van der Waals surface area contributed by atoms with Crippen LogP contribution in [0.5, 0.6) is 28.7 Å². The normalized spacial score (nSPS) is 22.7. The monoisotopic (exact) mass is 412 g/mol. The SMILES string of the molecule is COc1cc([C@H]2C[C@@H](OC3CCCCC3)c3cc4c(cc32)OCO4)cc(OC)c1O. The van der Waals surface area contributed by atoms with Crippen LogP contribution in [-0.2, 0) is 4.74 Å². The second-order valence-corrected chi connectivity index (χ2v) is 8.28. The number of aromatic hydroxyl groups is 1. The highest BCUT2D eigenvalue weighted by molar-refractivity contribution is 5.59. The van der Waals surface area contributed by atoms with E-state index in [1.54, 1.807) is 14.2 Å². The van der Waals surface area contributed by atoms with Gasteiger partial charge in [0.2, 0.25) is 12.5 Å². The Kier molecular flexibility index (Phi) is 5.11. The molecular weight excluding hydrogens is 384 g/mol. The average Bonchev–Trinajstić information content (AvgIpc) is 3.37. The molecule has 30 heavy (non-hydrogen) atoms. The van der Waals surface area contributed by atoms with E-state index in [0.717, 1.165) is 36.3 Å². The lowest BCUT2D eigenvalue weighted by molar-refractivity contribution is -0.0315. The molecule has 0 bridgehead atoms. The topological polar surface area (TPSA) is 66.4 Å². The summed E-state index contributed by atoms with van der Waals surface area (Å²) in [4.78, 5) is 0. The molecule has 6 nitrogen and oxygen atoms in total. The highest BCUT2D eigenvalue weighted by Crippen LogP contribution is 2.52. The lowest BCUT2D eigenvalue weighted by Crippen LogP contribution is -2.19. The zero-order chi connectivity index (χ0) is 20.7. The fraction of sp³-hybridized carbons (Fsp3) is 0.500. The van der Waals surface area contributed by atoms with Crippen molar-refractivity contribution in [2.45, 2.75) is 56.7 Å². The number of fused-ring (bicyclic) bond motifs is 2. The average molecular weight is 412 g/mol. The van der Waals surface area contributed by atoms with Crippen LogP contribution in [0.2, 0.25) is 0 Å². The summed E-state index contributed by atoms with van der Waals surface area (Å²) in [6, 6.07) is 7.94. The van der Waals surface area contributed by atoms with Gasteiger partial charge in [0.1, 0.15) is 0 Å². The number of benzene rings is 2. The molecule has 0 spiro atoms. The summed E-state index contributed by atoms with van der Waals surface area (Å²) in [7, 11) is 3.10. The standard InChI is InChI=1S/C24H28O6/c1-26-22-8-14(9-23(27-2)24(22)25)16-10-19(30-15-6-4-3-5-7-15)18-12-21-20(11-17(16)18)28-13-29-21/h8-9,11-12,15-16,19,25H,3-7,10,13H2,1-2H3/t16-,19-/m1/s1. The molecule has 5 rings (SSSR count). The molecule has 2 aliphatic carbocycles. The predicted octanol–water partition coefficient (Wildman–Crippen LogP) is 5.06. The first-order valence-electron chi connectivity index (χ1n) is 10.7. The number of phenols is 1. The van der Waals surface area contributed by atoms with Crippen LogP contribution in [0, 0.1) is 0 Å². The van der Waals surface area contributed by atoms with Gasteiger partial charge < -0.3 is 28.8 Å². The Morgan fingerprint density at radius 3 is 2.13 bits per heavy atom. The quantitative estimate of drug-likeness (QED) is 0.740. The molecule has 2 aromatic carbocycles. The molecular formula is C24H28O6. The first-order valence-corrected chi connectivity index (χ1v) is 10.7. The van der Waals surface area contributed by atoms with E-state index >= 15 is 0 Å². The number of ether oxygens (including phenoxy) is 5. The summed E-state index contributed by atoms with van der Waals surface area (Å²) in [5, 5.41) is 10.3. The first kappa shape index (κ1) is 19.4. The molecule has 2 aromatic rings. The summed E-state index contributed by atoms with van der Waals surface area (Å²) in [5.41, 5.74) is 3.37. The van der Waals surface area contributed by atoms with Gasteiger partial charge in [-0.05, 0) is 60.2 Å². The zero-order valence-electron chi connectivity index (χ0n) is 17.5. The lowest BCUT2D eigenvalue weighted by atomic mass is 9.92. The summed E-state index contributed by atoms with van der Waals surface area (Å²) >= 11 is 0. The van der Waals surface area contributed by atoms with E-state index in [0.29, 0.717) is 17.6 Å². The molecule has 1 aliphatic heterocycles. The van der Waals surface area contributed by atoms with Gasteiger partial charge in [0.05, 0.1) is 26.4 Å². The Hall–Kier alpha value is -2.60. The van der Waals surface area contributed by atoms with Crippen molar-refractivity contribution in [2.24, 2.45) is 0 Å². The van der Waals surface area contributed by atoms with Crippen molar-refractivity contribution in [2.75, 3.05) is 21.0 Å². The van der Waals surface area contributed by atoms with Crippen molar-refractivity contribution in [1.82, 2.24) is 0 Å². The van der Waals surface area contributed by atoms with E-state index in [2.05, 4.69) is 12.1 Å². The molecule has 0 unspecified atom stereocenters. The van der Waals surface area contributed by atoms with E-state index in [1.807, 2.05) is 12.1 Å². The molecule has 160 valence electrons. The van der Waals surface area contributed by atoms with Crippen LogP contribution in [0.1, 0.15) is 67.2 Å². The number of hydrogen-bond donors (Lipinski definition) is 1. The smallest absolute Gasteiger partial charge is 0.231 e. The van der Waals surface area contributed by atoms with E-state index in [9.17, 15) is 5.11 Å². The van der Waals surface area contributed by atoms with Crippen LogP contribution < -0.4 is 18.9 Å². The van der Waals surface area contributed by atoms with E-state index < -0.39 is 0 Å². The highest BCUT2D eigenvalue weighted by atomic mass is 16.7. The third-order valence-electron chi connectivity index (χ3n) is 6.56. The minimum Gasteiger partial charge on any atom is -0.502 e.